The van der Waals surface area contributed by atoms with Crippen LogP contribution in [0.25, 0.3) is 0 Å². The molecule has 0 saturated carbocycles. The zero-order valence-electron chi connectivity index (χ0n) is 18.5. The molecule has 7 nitrogen and oxygen atoms in total. The van der Waals surface area contributed by atoms with Gasteiger partial charge in [-0.1, -0.05) is 12.1 Å². The summed E-state index contributed by atoms with van der Waals surface area (Å²) in [5.74, 6) is 0.834. The number of nitrogens with zero attached hydrogens (tertiary/aromatic N) is 4. The third kappa shape index (κ3) is 5.82. The zero-order valence-corrected chi connectivity index (χ0v) is 18.5. The summed E-state index contributed by atoms with van der Waals surface area (Å²) >= 11 is 0. The smallest absolute Gasteiger partial charge is 0.253 e. The molecule has 0 bridgehead atoms. The van der Waals surface area contributed by atoms with Gasteiger partial charge in [-0.2, -0.15) is 5.10 Å². The van der Waals surface area contributed by atoms with E-state index in [1.54, 1.807) is 0 Å². The number of aliphatic imine (C=N–C) groups is 1. The predicted molar refractivity (Wildman–Crippen MR) is 118 cm³/mol. The largest absolute Gasteiger partial charge is 0.357 e. The number of hydrogen-bond acceptors (Lipinski definition) is 3. The number of guanidine groups is 1. The number of amides is 1. The molecule has 0 saturated heterocycles. The van der Waals surface area contributed by atoms with Crippen molar-refractivity contribution in [1.29, 1.82) is 0 Å². The van der Waals surface area contributed by atoms with E-state index in [9.17, 15) is 4.79 Å². The van der Waals surface area contributed by atoms with Crippen molar-refractivity contribution in [1.82, 2.24) is 25.3 Å². The number of benzene rings is 1. The lowest BCUT2D eigenvalue weighted by molar-refractivity contribution is 0.0773. The number of nitrogens with one attached hydrogen (secondary N) is 2. The fraction of sp³-hybridized carbons (Fsp3) is 0.500. The number of aryl methyl sites for hydroxylation is 2. The van der Waals surface area contributed by atoms with E-state index in [-0.39, 0.29) is 5.91 Å². The fourth-order valence-electron chi connectivity index (χ4n) is 3.20. The first kappa shape index (κ1) is 22.5. The second-order valence-electron chi connectivity index (χ2n) is 7.00. The first-order valence-electron chi connectivity index (χ1n) is 10.3. The van der Waals surface area contributed by atoms with Crippen LogP contribution in [-0.4, -0.2) is 46.2 Å². The highest BCUT2D eigenvalue weighted by Crippen LogP contribution is 2.11. The van der Waals surface area contributed by atoms with Crippen molar-refractivity contribution in [2.75, 3.05) is 19.6 Å². The van der Waals surface area contributed by atoms with E-state index in [0.29, 0.717) is 18.7 Å². The van der Waals surface area contributed by atoms with Crippen LogP contribution in [0.1, 0.15) is 53.6 Å². The van der Waals surface area contributed by atoms with Crippen LogP contribution >= 0.6 is 0 Å². The van der Waals surface area contributed by atoms with Crippen LogP contribution in [0.2, 0.25) is 0 Å². The molecular weight excluding hydrogens is 364 g/mol. The van der Waals surface area contributed by atoms with Gasteiger partial charge in [-0.15, -0.1) is 0 Å². The van der Waals surface area contributed by atoms with Crippen LogP contribution < -0.4 is 10.6 Å². The van der Waals surface area contributed by atoms with Gasteiger partial charge in [0.1, 0.15) is 0 Å². The van der Waals surface area contributed by atoms with E-state index in [4.69, 9.17) is 0 Å². The summed E-state index contributed by atoms with van der Waals surface area (Å²) < 4.78 is 1.90. The Morgan fingerprint density at radius 2 is 1.76 bits per heavy atom. The van der Waals surface area contributed by atoms with Crippen LogP contribution in [-0.2, 0) is 20.1 Å². The number of carbonyl (C=O) groups is 1. The summed E-state index contributed by atoms with van der Waals surface area (Å²) in [7, 11) is 1.96. The van der Waals surface area contributed by atoms with Gasteiger partial charge in [0.15, 0.2) is 5.96 Å². The summed E-state index contributed by atoms with van der Waals surface area (Å²) in [6, 6.07) is 7.71. The van der Waals surface area contributed by atoms with Crippen molar-refractivity contribution in [2.24, 2.45) is 12.0 Å². The molecule has 0 aliphatic rings. The van der Waals surface area contributed by atoms with E-state index in [1.807, 2.05) is 68.6 Å². The van der Waals surface area contributed by atoms with Gasteiger partial charge in [0.25, 0.3) is 5.91 Å². The van der Waals surface area contributed by atoms with Crippen LogP contribution in [0.4, 0.5) is 0 Å². The maximum Gasteiger partial charge on any atom is 0.253 e. The van der Waals surface area contributed by atoms with Crippen molar-refractivity contribution in [3.8, 4) is 0 Å². The highest BCUT2D eigenvalue weighted by atomic mass is 16.2. The Hall–Kier alpha value is -2.83. The van der Waals surface area contributed by atoms with E-state index in [0.717, 1.165) is 42.5 Å². The predicted octanol–water partition coefficient (Wildman–Crippen LogP) is 2.77. The van der Waals surface area contributed by atoms with Crippen molar-refractivity contribution in [3.63, 3.8) is 0 Å². The van der Waals surface area contributed by atoms with Crippen molar-refractivity contribution in [3.05, 3.63) is 52.3 Å². The summed E-state index contributed by atoms with van der Waals surface area (Å²) in [6.07, 6.45) is 0. The Morgan fingerprint density at radius 1 is 1.10 bits per heavy atom. The minimum Gasteiger partial charge on any atom is -0.357 e. The molecule has 7 heteroatoms. The molecule has 2 aromatic rings. The Bertz CT molecular complexity index is 834. The molecule has 0 spiro atoms. The molecule has 1 amide bonds. The molecule has 1 aromatic heterocycles. The van der Waals surface area contributed by atoms with Gasteiger partial charge >= 0.3 is 0 Å². The summed E-state index contributed by atoms with van der Waals surface area (Å²) in [5.41, 5.74) is 5.15. The van der Waals surface area contributed by atoms with Gasteiger partial charge in [-0.25, -0.2) is 4.99 Å². The van der Waals surface area contributed by atoms with Crippen molar-refractivity contribution < 1.29 is 4.79 Å². The zero-order chi connectivity index (χ0) is 21.4. The Labute approximate surface area is 174 Å². The van der Waals surface area contributed by atoms with Crippen LogP contribution in [0.3, 0.4) is 0 Å². The highest BCUT2D eigenvalue weighted by molar-refractivity contribution is 5.94. The summed E-state index contributed by atoms with van der Waals surface area (Å²) in [4.78, 5) is 18.9. The second kappa shape index (κ2) is 10.6. The lowest BCUT2D eigenvalue weighted by Crippen LogP contribution is -2.37. The van der Waals surface area contributed by atoms with Crippen molar-refractivity contribution >= 4 is 11.9 Å². The van der Waals surface area contributed by atoms with E-state index < -0.39 is 0 Å². The fourth-order valence-corrected chi connectivity index (χ4v) is 3.20. The molecule has 2 N–H and O–H groups in total. The average molecular weight is 399 g/mol. The van der Waals surface area contributed by atoms with Crippen LogP contribution in [0.15, 0.2) is 29.3 Å². The Kier molecular flexibility index (Phi) is 8.24. The molecule has 2 rings (SSSR count). The maximum atomic E-state index is 12.4. The van der Waals surface area contributed by atoms with Crippen molar-refractivity contribution in [2.45, 2.75) is 47.7 Å². The molecule has 0 atom stereocenters. The molecule has 0 radical (unpaired) electrons. The number of carbonyl (C=O) groups excluding carboxylic acids is 1. The normalized spacial score (nSPS) is 11.4. The quantitative estimate of drug-likeness (QED) is 0.530. The summed E-state index contributed by atoms with van der Waals surface area (Å²) in [5, 5.41) is 11.1. The SMILES string of the molecule is CCNC(=NCc1ccc(C(=O)N(CC)CC)cc1)NCc1c(C)nn(C)c1C. The average Bonchev–Trinajstić information content (AvgIpc) is 2.96. The number of rotatable bonds is 8. The topological polar surface area (TPSA) is 74.6 Å². The third-order valence-electron chi connectivity index (χ3n) is 5.11. The highest BCUT2D eigenvalue weighted by Gasteiger charge is 2.12. The molecule has 0 aliphatic heterocycles. The van der Waals surface area contributed by atoms with Gasteiger partial charge in [0.2, 0.25) is 0 Å². The second-order valence-corrected chi connectivity index (χ2v) is 7.00. The molecule has 1 heterocycles. The van der Waals surface area contributed by atoms with Gasteiger partial charge < -0.3 is 15.5 Å². The van der Waals surface area contributed by atoms with Gasteiger partial charge in [-0.05, 0) is 52.3 Å². The standard InChI is InChI=1S/C22H34N6O/c1-7-23-22(25-15-20-16(4)26-27(6)17(20)5)24-14-18-10-12-19(13-11-18)21(29)28(8-2)9-3/h10-13H,7-9,14-15H2,1-6H3,(H2,23,24,25). The number of hydrogen-bond donors (Lipinski definition) is 2. The molecular formula is C22H34N6O. The maximum absolute atomic E-state index is 12.4. The Balaban J connectivity index is 2.03. The van der Waals surface area contributed by atoms with Gasteiger partial charge in [-0.3, -0.25) is 9.48 Å². The first-order chi connectivity index (χ1) is 13.9. The monoisotopic (exact) mass is 398 g/mol. The van der Waals surface area contributed by atoms with Gasteiger partial charge in [0, 0.05) is 50.0 Å². The molecule has 29 heavy (non-hydrogen) atoms. The van der Waals surface area contributed by atoms with E-state index >= 15 is 0 Å². The Morgan fingerprint density at radius 3 is 2.28 bits per heavy atom. The van der Waals surface area contributed by atoms with Crippen LogP contribution in [0, 0.1) is 13.8 Å². The lowest BCUT2D eigenvalue weighted by Gasteiger charge is -2.18. The lowest BCUT2D eigenvalue weighted by atomic mass is 10.1. The van der Waals surface area contributed by atoms with E-state index in [1.165, 1.54) is 5.56 Å². The number of aromatic nitrogens is 2. The minimum absolute atomic E-state index is 0.0715. The molecule has 158 valence electrons. The molecule has 1 aromatic carbocycles. The molecule has 0 aliphatic carbocycles. The van der Waals surface area contributed by atoms with Gasteiger partial charge in [0.05, 0.1) is 12.2 Å². The third-order valence-corrected chi connectivity index (χ3v) is 5.11. The summed E-state index contributed by atoms with van der Waals surface area (Å²) in [6.45, 7) is 13.6. The molecule has 0 fully saturated rings. The van der Waals surface area contributed by atoms with E-state index in [2.05, 4.69) is 27.6 Å². The minimum atomic E-state index is 0.0715. The first-order valence-corrected chi connectivity index (χ1v) is 10.3. The molecule has 0 unspecified atom stereocenters. The van der Waals surface area contributed by atoms with Crippen LogP contribution in [0.5, 0.6) is 0 Å².